The Kier molecular flexibility index (Phi) is 7.33. The zero-order valence-electron chi connectivity index (χ0n) is 22.0. The number of halogens is 2. The Morgan fingerprint density at radius 3 is 2.68 bits per heavy atom. The molecule has 2 aromatic carbocycles. The Labute approximate surface area is 239 Å². The highest BCUT2D eigenvalue weighted by Gasteiger charge is 2.26. The van der Waals surface area contributed by atoms with E-state index in [2.05, 4.69) is 14.5 Å². The molecule has 2 aromatic heterocycles. The van der Waals surface area contributed by atoms with Gasteiger partial charge in [-0.25, -0.2) is 19.2 Å². The normalized spacial score (nSPS) is 16.8. The third-order valence-electron chi connectivity index (χ3n) is 7.50. The van der Waals surface area contributed by atoms with Gasteiger partial charge in [-0.15, -0.1) is 0 Å². The Balaban J connectivity index is 1.21. The van der Waals surface area contributed by atoms with Gasteiger partial charge in [-0.05, 0) is 54.8 Å². The molecule has 0 spiro atoms. The van der Waals surface area contributed by atoms with Gasteiger partial charge in [-0.2, -0.15) is 0 Å². The molecular weight excluding hydrogens is 553 g/mol. The second-order valence-corrected chi connectivity index (χ2v) is 10.6. The summed E-state index contributed by atoms with van der Waals surface area (Å²) in [6.07, 6.45) is 1.74. The molecule has 2 aliphatic heterocycles. The number of pyridine rings is 1. The van der Waals surface area contributed by atoms with Crippen LogP contribution in [0.5, 0.6) is 5.88 Å². The number of aromatic nitrogens is 3. The van der Waals surface area contributed by atoms with Gasteiger partial charge in [0.1, 0.15) is 23.3 Å². The first-order valence-electron chi connectivity index (χ1n) is 13.2. The molecule has 1 fully saturated rings. The predicted molar refractivity (Wildman–Crippen MR) is 147 cm³/mol. The zero-order valence-corrected chi connectivity index (χ0v) is 22.7. The van der Waals surface area contributed by atoms with E-state index in [1.165, 1.54) is 12.1 Å². The van der Waals surface area contributed by atoms with Crippen LogP contribution in [0.2, 0.25) is 5.02 Å². The van der Waals surface area contributed by atoms with Crippen molar-refractivity contribution in [3.05, 3.63) is 87.1 Å². The van der Waals surface area contributed by atoms with Crippen LogP contribution in [0.3, 0.4) is 0 Å². The van der Waals surface area contributed by atoms with Crippen molar-refractivity contribution in [1.29, 1.82) is 0 Å². The van der Waals surface area contributed by atoms with Crippen LogP contribution < -0.4 is 10.5 Å². The lowest BCUT2D eigenvalue weighted by atomic mass is 10.1. The molecule has 41 heavy (non-hydrogen) atoms. The van der Waals surface area contributed by atoms with Gasteiger partial charge in [0.2, 0.25) is 11.8 Å². The number of ether oxygens (including phenoxy) is 2. The number of nitrogens with two attached hydrogens (primary N) is 1. The van der Waals surface area contributed by atoms with Gasteiger partial charge in [0, 0.05) is 30.8 Å². The third-order valence-corrected chi connectivity index (χ3v) is 7.77. The summed E-state index contributed by atoms with van der Waals surface area (Å²) in [6, 6.07) is 10.8. The SMILES string of the molecule is NC(=O)c1ccc(COc2nc3c(cc2Cl)CCN(Cc2nc4ccc(C(=O)O)cc4n2C[C@@H]2CCO2)C3)c(F)c1. The van der Waals surface area contributed by atoms with Gasteiger partial charge >= 0.3 is 5.97 Å². The van der Waals surface area contributed by atoms with E-state index < -0.39 is 17.7 Å². The molecule has 0 radical (unpaired) electrons. The molecule has 0 saturated carbocycles. The van der Waals surface area contributed by atoms with Gasteiger partial charge in [0.15, 0.2) is 0 Å². The first-order chi connectivity index (χ1) is 19.7. The number of aromatic carboxylic acids is 1. The summed E-state index contributed by atoms with van der Waals surface area (Å²) in [5.74, 6) is -1.28. The van der Waals surface area contributed by atoms with Gasteiger partial charge in [0.25, 0.3) is 0 Å². The maximum Gasteiger partial charge on any atom is 0.335 e. The standard InChI is InChI=1S/C29H27ClFN5O5/c30-21-9-16-5-7-35(13-24(16)34-28(21)41-15-19-2-1-17(27(32)37)10-22(19)31)14-26-33-23-4-3-18(29(38)39)11-25(23)36(26)12-20-6-8-40-20/h1-4,9-11,20H,5-8,12-15H2,(H2,32,37)(H,38,39)/t20-/m0/s1. The second-order valence-electron chi connectivity index (χ2n) is 10.2. The lowest BCUT2D eigenvalue weighted by Gasteiger charge is -2.30. The Bertz CT molecular complexity index is 1670. The maximum atomic E-state index is 14.4. The summed E-state index contributed by atoms with van der Waals surface area (Å²) in [7, 11) is 0. The van der Waals surface area contributed by atoms with Gasteiger partial charge in [0.05, 0.1) is 41.5 Å². The summed E-state index contributed by atoms with van der Waals surface area (Å²) in [5, 5.41) is 9.84. The maximum absolute atomic E-state index is 14.4. The summed E-state index contributed by atoms with van der Waals surface area (Å²) >= 11 is 6.45. The Hall–Kier alpha value is -4.06. The van der Waals surface area contributed by atoms with Crippen molar-refractivity contribution in [1.82, 2.24) is 19.4 Å². The number of primary amides is 1. The number of fused-ring (bicyclic) bond motifs is 2. The average molecular weight is 580 g/mol. The molecule has 4 heterocycles. The van der Waals surface area contributed by atoms with Crippen molar-refractivity contribution in [3.63, 3.8) is 0 Å². The first-order valence-corrected chi connectivity index (χ1v) is 13.6. The number of hydrogen-bond donors (Lipinski definition) is 2. The highest BCUT2D eigenvalue weighted by atomic mass is 35.5. The van der Waals surface area contributed by atoms with Crippen LogP contribution in [0, 0.1) is 5.82 Å². The molecule has 4 aromatic rings. The van der Waals surface area contributed by atoms with E-state index in [9.17, 15) is 19.1 Å². The lowest BCUT2D eigenvalue weighted by Crippen LogP contribution is -2.34. The molecule has 0 bridgehead atoms. The van der Waals surface area contributed by atoms with Crippen LogP contribution in [-0.2, 0) is 37.4 Å². The fraction of sp³-hybridized carbons (Fsp3) is 0.310. The van der Waals surface area contributed by atoms with Gasteiger partial charge < -0.3 is 24.9 Å². The minimum absolute atomic E-state index is 0.0714. The van der Waals surface area contributed by atoms with E-state index in [1.807, 2.05) is 6.07 Å². The molecule has 6 rings (SSSR count). The molecule has 0 unspecified atom stereocenters. The topological polar surface area (TPSA) is 133 Å². The molecule has 12 heteroatoms. The summed E-state index contributed by atoms with van der Waals surface area (Å²) < 4.78 is 27.9. The number of carbonyl (C=O) groups excluding carboxylic acids is 1. The van der Waals surface area contributed by atoms with Crippen LogP contribution in [-0.4, -0.2) is 55.7 Å². The van der Waals surface area contributed by atoms with E-state index in [1.54, 1.807) is 18.2 Å². The van der Waals surface area contributed by atoms with Crippen molar-refractivity contribution >= 4 is 34.5 Å². The molecule has 212 valence electrons. The van der Waals surface area contributed by atoms with Crippen molar-refractivity contribution in [2.45, 2.75) is 45.2 Å². The average Bonchev–Trinajstić information content (AvgIpc) is 3.25. The van der Waals surface area contributed by atoms with E-state index in [-0.39, 0.29) is 35.3 Å². The quantitative estimate of drug-likeness (QED) is 0.305. The number of imidazole rings is 1. The fourth-order valence-electron chi connectivity index (χ4n) is 5.13. The predicted octanol–water partition coefficient (Wildman–Crippen LogP) is 3.95. The van der Waals surface area contributed by atoms with Crippen molar-refractivity contribution in [3.8, 4) is 5.88 Å². The smallest absolute Gasteiger partial charge is 0.335 e. The number of nitrogens with zero attached hydrogens (tertiary/aromatic N) is 4. The number of carbonyl (C=O) groups is 2. The second kappa shape index (κ2) is 11.1. The highest BCUT2D eigenvalue weighted by molar-refractivity contribution is 6.31. The number of carboxylic acids is 1. The minimum Gasteiger partial charge on any atom is -0.478 e. The van der Waals surface area contributed by atoms with Crippen molar-refractivity contribution in [2.24, 2.45) is 5.73 Å². The van der Waals surface area contributed by atoms with Crippen LogP contribution in [0.15, 0.2) is 42.5 Å². The number of rotatable bonds is 9. The van der Waals surface area contributed by atoms with E-state index in [0.29, 0.717) is 24.7 Å². The van der Waals surface area contributed by atoms with E-state index >= 15 is 0 Å². The lowest BCUT2D eigenvalue weighted by molar-refractivity contribution is -0.0592. The molecule has 10 nitrogen and oxygen atoms in total. The summed E-state index contributed by atoms with van der Waals surface area (Å²) in [4.78, 5) is 34.6. The monoisotopic (exact) mass is 579 g/mol. The summed E-state index contributed by atoms with van der Waals surface area (Å²) in [5.41, 5.74) is 9.07. The number of amides is 1. The van der Waals surface area contributed by atoms with Crippen LogP contribution in [0.1, 0.15) is 49.8 Å². The molecule has 0 aliphatic carbocycles. The number of carboxylic acid groups (broad SMARTS) is 1. The first kappa shape index (κ1) is 27.1. The van der Waals surface area contributed by atoms with E-state index in [4.69, 9.17) is 31.8 Å². The van der Waals surface area contributed by atoms with Crippen LogP contribution in [0.25, 0.3) is 11.0 Å². The molecule has 1 atom stereocenters. The summed E-state index contributed by atoms with van der Waals surface area (Å²) in [6.45, 7) is 3.01. The van der Waals surface area contributed by atoms with Crippen molar-refractivity contribution < 1.29 is 28.6 Å². The molecule has 2 aliphatic rings. The highest BCUT2D eigenvalue weighted by Crippen LogP contribution is 2.30. The minimum atomic E-state index is -0.984. The third kappa shape index (κ3) is 5.61. The molecule has 3 N–H and O–H groups in total. The molecule has 1 amide bonds. The van der Waals surface area contributed by atoms with Crippen LogP contribution in [0.4, 0.5) is 4.39 Å². The largest absolute Gasteiger partial charge is 0.478 e. The molecular formula is C29H27ClFN5O5. The van der Waals surface area contributed by atoms with Crippen molar-refractivity contribution in [2.75, 3.05) is 13.2 Å². The van der Waals surface area contributed by atoms with Gasteiger partial charge in [-0.1, -0.05) is 17.7 Å². The number of hydrogen-bond acceptors (Lipinski definition) is 7. The Morgan fingerprint density at radius 2 is 1.98 bits per heavy atom. The Morgan fingerprint density at radius 1 is 1.17 bits per heavy atom. The van der Waals surface area contributed by atoms with Gasteiger partial charge in [-0.3, -0.25) is 9.69 Å². The molecule has 1 saturated heterocycles. The zero-order chi connectivity index (χ0) is 28.7. The van der Waals surface area contributed by atoms with E-state index in [0.717, 1.165) is 60.2 Å². The van der Waals surface area contributed by atoms with Crippen LogP contribution >= 0.6 is 11.6 Å². The fourth-order valence-corrected chi connectivity index (χ4v) is 5.36. The number of benzene rings is 2.